The standard InChI is InChI=1S/C12H14F2N6O/c13-11(14)12-18-17-9-4-3-8(19-20(9)12)15-6-10(21)16-5-7-1-2-7/h3-4,7,11H,1-2,5-6H2,(H,15,19)(H,16,21). The summed E-state index contributed by atoms with van der Waals surface area (Å²) in [7, 11) is 0. The molecule has 3 rings (SSSR count). The van der Waals surface area contributed by atoms with Gasteiger partial charge in [-0.1, -0.05) is 0 Å². The Labute approximate surface area is 118 Å². The molecular formula is C12H14F2N6O. The SMILES string of the molecule is O=C(CNc1ccc2nnc(C(F)F)n2n1)NCC1CC1. The Hall–Kier alpha value is -2.32. The van der Waals surface area contributed by atoms with Crippen LogP contribution in [-0.4, -0.2) is 38.8 Å². The van der Waals surface area contributed by atoms with E-state index in [2.05, 4.69) is 25.9 Å². The topological polar surface area (TPSA) is 84.2 Å². The molecule has 0 aliphatic heterocycles. The summed E-state index contributed by atoms with van der Waals surface area (Å²) in [5, 5.41) is 16.5. The average Bonchev–Trinajstić information content (AvgIpc) is 3.20. The van der Waals surface area contributed by atoms with E-state index < -0.39 is 12.2 Å². The number of alkyl halides is 2. The highest BCUT2D eigenvalue weighted by atomic mass is 19.3. The number of hydrogen-bond acceptors (Lipinski definition) is 5. The molecule has 0 aromatic carbocycles. The normalized spacial score (nSPS) is 14.6. The number of nitrogens with one attached hydrogen (secondary N) is 2. The third-order valence-electron chi connectivity index (χ3n) is 3.20. The van der Waals surface area contributed by atoms with E-state index in [0.717, 1.165) is 17.4 Å². The van der Waals surface area contributed by atoms with Crippen LogP contribution in [0.3, 0.4) is 0 Å². The third-order valence-corrected chi connectivity index (χ3v) is 3.20. The van der Waals surface area contributed by atoms with Crippen LogP contribution < -0.4 is 10.6 Å². The van der Waals surface area contributed by atoms with Gasteiger partial charge in [0.05, 0.1) is 6.54 Å². The fraction of sp³-hybridized carbons (Fsp3) is 0.500. The number of nitrogens with zero attached hydrogens (tertiary/aromatic N) is 4. The van der Waals surface area contributed by atoms with Gasteiger partial charge in [-0.2, -0.15) is 4.52 Å². The number of amides is 1. The van der Waals surface area contributed by atoms with Gasteiger partial charge in [0.25, 0.3) is 6.43 Å². The molecule has 0 saturated heterocycles. The van der Waals surface area contributed by atoms with Crippen molar-refractivity contribution in [2.45, 2.75) is 19.3 Å². The zero-order chi connectivity index (χ0) is 14.8. The highest BCUT2D eigenvalue weighted by Crippen LogP contribution is 2.27. The lowest BCUT2D eigenvalue weighted by molar-refractivity contribution is -0.119. The lowest BCUT2D eigenvalue weighted by Gasteiger charge is -2.07. The van der Waals surface area contributed by atoms with Gasteiger partial charge >= 0.3 is 0 Å². The summed E-state index contributed by atoms with van der Waals surface area (Å²) < 4.78 is 26.4. The highest BCUT2D eigenvalue weighted by Gasteiger charge is 2.21. The van der Waals surface area contributed by atoms with E-state index in [4.69, 9.17) is 0 Å². The van der Waals surface area contributed by atoms with Crippen molar-refractivity contribution in [2.75, 3.05) is 18.4 Å². The van der Waals surface area contributed by atoms with Crippen molar-refractivity contribution < 1.29 is 13.6 Å². The van der Waals surface area contributed by atoms with Crippen molar-refractivity contribution in [2.24, 2.45) is 5.92 Å². The van der Waals surface area contributed by atoms with Crippen molar-refractivity contribution >= 4 is 17.4 Å². The van der Waals surface area contributed by atoms with Crippen LogP contribution in [0.5, 0.6) is 0 Å². The number of aromatic nitrogens is 4. The maximum atomic E-state index is 12.7. The van der Waals surface area contributed by atoms with Gasteiger partial charge in [-0.15, -0.1) is 15.3 Å². The van der Waals surface area contributed by atoms with Crippen LogP contribution in [0.15, 0.2) is 12.1 Å². The first-order valence-corrected chi connectivity index (χ1v) is 6.64. The smallest absolute Gasteiger partial charge is 0.299 e. The summed E-state index contributed by atoms with van der Waals surface area (Å²) in [6, 6.07) is 3.07. The molecule has 1 aliphatic carbocycles. The molecule has 2 heterocycles. The molecule has 1 amide bonds. The number of halogens is 2. The molecule has 2 aromatic heterocycles. The molecule has 2 N–H and O–H groups in total. The maximum Gasteiger partial charge on any atom is 0.299 e. The zero-order valence-electron chi connectivity index (χ0n) is 11.1. The van der Waals surface area contributed by atoms with Gasteiger partial charge in [-0.05, 0) is 30.9 Å². The van der Waals surface area contributed by atoms with E-state index in [-0.39, 0.29) is 18.1 Å². The van der Waals surface area contributed by atoms with Crippen molar-refractivity contribution in [3.05, 3.63) is 18.0 Å². The van der Waals surface area contributed by atoms with Crippen molar-refractivity contribution in [1.82, 2.24) is 25.1 Å². The van der Waals surface area contributed by atoms with Gasteiger partial charge in [-0.25, -0.2) is 8.78 Å². The molecule has 9 heteroatoms. The lowest BCUT2D eigenvalue weighted by Crippen LogP contribution is -2.31. The van der Waals surface area contributed by atoms with Gasteiger partial charge < -0.3 is 10.6 Å². The number of carbonyl (C=O) groups excluding carboxylic acids is 1. The summed E-state index contributed by atoms with van der Waals surface area (Å²) in [5.74, 6) is 0.244. The average molecular weight is 296 g/mol. The van der Waals surface area contributed by atoms with Gasteiger partial charge in [0.1, 0.15) is 5.82 Å². The number of hydrogen-bond donors (Lipinski definition) is 2. The lowest BCUT2D eigenvalue weighted by atomic mass is 10.4. The summed E-state index contributed by atoms with van der Waals surface area (Å²) >= 11 is 0. The Bertz CT molecular complexity index is 654. The van der Waals surface area contributed by atoms with E-state index in [0.29, 0.717) is 18.3 Å². The van der Waals surface area contributed by atoms with E-state index in [1.165, 1.54) is 6.07 Å². The molecule has 21 heavy (non-hydrogen) atoms. The number of anilines is 1. The van der Waals surface area contributed by atoms with Gasteiger partial charge in [-0.3, -0.25) is 4.79 Å². The van der Waals surface area contributed by atoms with Crippen molar-refractivity contribution in [3.8, 4) is 0 Å². The molecule has 1 aliphatic rings. The second-order valence-corrected chi connectivity index (χ2v) is 4.95. The second kappa shape index (κ2) is 5.58. The molecule has 0 spiro atoms. The van der Waals surface area contributed by atoms with Crippen LogP contribution in [0, 0.1) is 5.92 Å². The van der Waals surface area contributed by atoms with Crippen LogP contribution >= 0.6 is 0 Å². The van der Waals surface area contributed by atoms with Crippen molar-refractivity contribution in [3.63, 3.8) is 0 Å². The van der Waals surface area contributed by atoms with Crippen molar-refractivity contribution in [1.29, 1.82) is 0 Å². The molecule has 112 valence electrons. The Morgan fingerprint density at radius 2 is 2.19 bits per heavy atom. The molecule has 0 bridgehead atoms. The summed E-state index contributed by atoms with van der Waals surface area (Å²) in [5.41, 5.74) is 0.231. The molecule has 0 unspecified atom stereocenters. The quantitative estimate of drug-likeness (QED) is 0.831. The molecule has 7 nitrogen and oxygen atoms in total. The van der Waals surface area contributed by atoms with Crippen LogP contribution in [0.25, 0.3) is 5.65 Å². The third kappa shape index (κ3) is 3.23. The minimum absolute atomic E-state index is 0.0391. The summed E-state index contributed by atoms with van der Waals surface area (Å²) in [6.07, 6.45) is -0.434. The Kier molecular flexibility index (Phi) is 3.63. The Morgan fingerprint density at radius 1 is 1.38 bits per heavy atom. The minimum Gasteiger partial charge on any atom is -0.360 e. The predicted molar refractivity (Wildman–Crippen MR) is 70.0 cm³/mol. The fourth-order valence-electron chi connectivity index (χ4n) is 1.85. The first kappa shape index (κ1) is 13.7. The monoisotopic (exact) mass is 296 g/mol. The van der Waals surface area contributed by atoms with Crippen LogP contribution in [0.4, 0.5) is 14.6 Å². The number of rotatable bonds is 6. The van der Waals surface area contributed by atoms with E-state index in [9.17, 15) is 13.6 Å². The van der Waals surface area contributed by atoms with E-state index in [1.807, 2.05) is 0 Å². The second-order valence-electron chi connectivity index (χ2n) is 4.95. The summed E-state index contributed by atoms with van der Waals surface area (Å²) in [4.78, 5) is 11.6. The minimum atomic E-state index is -2.76. The fourth-order valence-corrected chi connectivity index (χ4v) is 1.85. The van der Waals surface area contributed by atoms with Crippen LogP contribution in [-0.2, 0) is 4.79 Å². The van der Waals surface area contributed by atoms with Crippen LogP contribution in [0.2, 0.25) is 0 Å². The Balaban J connectivity index is 1.63. The number of fused-ring (bicyclic) bond motifs is 1. The molecule has 1 saturated carbocycles. The van der Waals surface area contributed by atoms with E-state index >= 15 is 0 Å². The van der Waals surface area contributed by atoms with E-state index in [1.54, 1.807) is 6.07 Å². The molecular weight excluding hydrogens is 282 g/mol. The van der Waals surface area contributed by atoms with Gasteiger partial charge in [0.2, 0.25) is 11.7 Å². The number of carbonyl (C=O) groups is 1. The highest BCUT2D eigenvalue weighted by molar-refractivity contribution is 5.80. The maximum absolute atomic E-state index is 12.7. The van der Waals surface area contributed by atoms with Gasteiger partial charge in [0.15, 0.2) is 5.65 Å². The molecule has 0 atom stereocenters. The first-order chi connectivity index (χ1) is 10.1. The first-order valence-electron chi connectivity index (χ1n) is 6.64. The predicted octanol–water partition coefficient (Wildman–Crippen LogP) is 1.000. The summed E-state index contributed by atoms with van der Waals surface area (Å²) in [6.45, 7) is 0.727. The molecule has 2 aromatic rings. The molecule has 1 fully saturated rings. The Morgan fingerprint density at radius 3 is 2.90 bits per heavy atom. The van der Waals surface area contributed by atoms with Gasteiger partial charge in [0, 0.05) is 6.54 Å². The zero-order valence-corrected chi connectivity index (χ0v) is 11.1. The van der Waals surface area contributed by atoms with Crippen LogP contribution in [0.1, 0.15) is 25.1 Å². The largest absolute Gasteiger partial charge is 0.360 e. The molecule has 0 radical (unpaired) electrons.